The normalized spacial score (nSPS) is 17.1. The van der Waals surface area contributed by atoms with Crippen molar-refractivity contribution in [1.29, 1.82) is 0 Å². The third kappa shape index (κ3) is 3.02. The van der Waals surface area contributed by atoms with Gasteiger partial charge in [-0.2, -0.15) is 0 Å². The van der Waals surface area contributed by atoms with Crippen molar-refractivity contribution in [2.24, 2.45) is 0 Å². The van der Waals surface area contributed by atoms with Crippen molar-refractivity contribution in [3.63, 3.8) is 0 Å². The van der Waals surface area contributed by atoms with Crippen LogP contribution in [0.4, 0.5) is 0 Å². The molecular weight excluding hydrogens is 304 g/mol. The molecule has 1 fully saturated rings. The molecule has 0 unspecified atom stereocenters. The summed E-state index contributed by atoms with van der Waals surface area (Å²) in [6.07, 6.45) is 4.48. The van der Waals surface area contributed by atoms with Gasteiger partial charge in [-0.15, -0.1) is 0 Å². The highest BCUT2D eigenvalue weighted by Gasteiger charge is 2.11. The van der Waals surface area contributed by atoms with Crippen LogP contribution >= 0.6 is 15.9 Å². The largest absolute Gasteiger partial charge is 0.379 e. The van der Waals surface area contributed by atoms with Gasteiger partial charge in [0, 0.05) is 34.7 Å². The second kappa shape index (κ2) is 6.07. The molecule has 3 rings (SSSR count). The zero-order valence-corrected chi connectivity index (χ0v) is 12.6. The number of H-pyrrole nitrogens is 1. The number of nitrogens with one attached hydrogen (secondary N) is 1. The van der Waals surface area contributed by atoms with E-state index in [1.54, 1.807) is 0 Å². The molecule has 4 heteroatoms. The van der Waals surface area contributed by atoms with Crippen LogP contribution in [0.1, 0.15) is 12.0 Å². The Kier molecular flexibility index (Phi) is 4.21. The molecule has 102 valence electrons. The number of nitrogens with zero attached hydrogens (tertiary/aromatic N) is 1. The lowest BCUT2D eigenvalue weighted by molar-refractivity contribution is 0.0375. The second-order valence-electron chi connectivity index (χ2n) is 5.03. The van der Waals surface area contributed by atoms with Crippen LogP contribution in [0.5, 0.6) is 0 Å². The third-order valence-electron chi connectivity index (χ3n) is 3.76. The molecule has 1 aliphatic heterocycles. The second-order valence-corrected chi connectivity index (χ2v) is 5.89. The number of hydrogen-bond acceptors (Lipinski definition) is 2. The van der Waals surface area contributed by atoms with E-state index in [-0.39, 0.29) is 0 Å². The van der Waals surface area contributed by atoms with E-state index in [0.717, 1.165) is 32.7 Å². The van der Waals surface area contributed by atoms with Crippen molar-refractivity contribution in [1.82, 2.24) is 9.88 Å². The fourth-order valence-electron chi connectivity index (χ4n) is 2.72. The van der Waals surface area contributed by atoms with E-state index in [2.05, 4.69) is 50.2 Å². The van der Waals surface area contributed by atoms with Crippen LogP contribution in [0.15, 0.2) is 28.9 Å². The third-order valence-corrected chi connectivity index (χ3v) is 4.42. The van der Waals surface area contributed by atoms with Gasteiger partial charge in [0.1, 0.15) is 0 Å². The summed E-state index contributed by atoms with van der Waals surface area (Å²) in [4.78, 5) is 5.85. The van der Waals surface area contributed by atoms with Crippen molar-refractivity contribution in [3.8, 4) is 0 Å². The number of hydrogen-bond donors (Lipinski definition) is 1. The summed E-state index contributed by atoms with van der Waals surface area (Å²) in [5.41, 5.74) is 2.63. The highest BCUT2D eigenvalue weighted by atomic mass is 79.9. The van der Waals surface area contributed by atoms with E-state index >= 15 is 0 Å². The van der Waals surface area contributed by atoms with E-state index in [1.807, 2.05) is 0 Å². The van der Waals surface area contributed by atoms with Gasteiger partial charge in [0.2, 0.25) is 0 Å². The van der Waals surface area contributed by atoms with Gasteiger partial charge in [-0.1, -0.05) is 22.0 Å². The first kappa shape index (κ1) is 13.2. The van der Waals surface area contributed by atoms with Crippen LogP contribution in [0.25, 0.3) is 10.9 Å². The Hall–Kier alpha value is -0.840. The lowest BCUT2D eigenvalue weighted by atomic mass is 10.1. The standard InChI is InChI=1S/C15H19BrN2O/c16-13-4-1-5-14-15(13)12(11-17-14)3-2-6-18-7-9-19-10-8-18/h1,4-5,11,17H,2-3,6-10H2. The molecule has 0 atom stereocenters. The zero-order chi connectivity index (χ0) is 13.1. The Morgan fingerprint density at radius 3 is 2.95 bits per heavy atom. The van der Waals surface area contributed by atoms with E-state index < -0.39 is 0 Å². The molecule has 1 aliphatic rings. The Bertz CT molecular complexity index is 546. The SMILES string of the molecule is Brc1cccc2[nH]cc(CCCN3CCOCC3)c12. The zero-order valence-electron chi connectivity index (χ0n) is 11.0. The van der Waals surface area contributed by atoms with Crippen LogP contribution in [-0.4, -0.2) is 42.7 Å². The van der Waals surface area contributed by atoms with Crippen molar-refractivity contribution in [3.05, 3.63) is 34.4 Å². The van der Waals surface area contributed by atoms with Crippen LogP contribution in [0.3, 0.4) is 0 Å². The Balaban J connectivity index is 1.62. The predicted molar refractivity (Wildman–Crippen MR) is 81.6 cm³/mol. The summed E-state index contributed by atoms with van der Waals surface area (Å²) < 4.78 is 6.56. The first-order valence-electron chi connectivity index (χ1n) is 6.89. The fraction of sp³-hybridized carbons (Fsp3) is 0.467. The number of ether oxygens (including phenoxy) is 1. The summed E-state index contributed by atoms with van der Waals surface area (Å²) in [5.74, 6) is 0. The van der Waals surface area contributed by atoms with Gasteiger partial charge in [-0.05, 0) is 37.1 Å². The Morgan fingerprint density at radius 2 is 2.11 bits per heavy atom. The topological polar surface area (TPSA) is 28.3 Å². The molecule has 0 saturated carbocycles. The molecule has 19 heavy (non-hydrogen) atoms. The fourth-order valence-corrected chi connectivity index (χ4v) is 3.34. The quantitative estimate of drug-likeness (QED) is 0.936. The molecule has 1 N–H and O–H groups in total. The van der Waals surface area contributed by atoms with Gasteiger partial charge in [-0.3, -0.25) is 4.90 Å². The highest BCUT2D eigenvalue weighted by molar-refractivity contribution is 9.10. The molecule has 0 bridgehead atoms. The Morgan fingerprint density at radius 1 is 1.26 bits per heavy atom. The lowest BCUT2D eigenvalue weighted by Gasteiger charge is -2.26. The van der Waals surface area contributed by atoms with E-state index in [0.29, 0.717) is 0 Å². The number of aromatic nitrogens is 1. The summed E-state index contributed by atoms with van der Waals surface area (Å²) >= 11 is 3.65. The summed E-state index contributed by atoms with van der Waals surface area (Å²) in [7, 11) is 0. The number of aromatic amines is 1. The number of benzene rings is 1. The van der Waals surface area contributed by atoms with Crippen molar-refractivity contribution in [2.75, 3.05) is 32.8 Å². The number of aryl methyl sites for hydroxylation is 1. The predicted octanol–water partition coefficient (Wildman–Crippen LogP) is 3.20. The number of rotatable bonds is 4. The van der Waals surface area contributed by atoms with Crippen molar-refractivity contribution in [2.45, 2.75) is 12.8 Å². The summed E-state index contributed by atoms with van der Waals surface area (Å²) in [5, 5.41) is 1.34. The van der Waals surface area contributed by atoms with E-state index in [4.69, 9.17) is 4.74 Å². The average Bonchev–Trinajstić information content (AvgIpc) is 2.85. The van der Waals surface area contributed by atoms with Gasteiger partial charge in [-0.25, -0.2) is 0 Å². The summed E-state index contributed by atoms with van der Waals surface area (Å²) in [6.45, 7) is 5.10. The highest BCUT2D eigenvalue weighted by Crippen LogP contribution is 2.27. The minimum atomic E-state index is 0.888. The van der Waals surface area contributed by atoms with Crippen LogP contribution in [-0.2, 0) is 11.2 Å². The van der Waals surface area contributed by atoms with Gasteiger partial charge in [0.05, 0.1) is 13.2 Å². The molecule has 1 aromatic heterocycles. The molecule has 2 aromatic rings. The van der Waals surface area contributed by atoms with E-state index in [9.17, 15) is 0 Å². The van der Waals surface area contributed by atoms with Gasteiger partial charge in [0.25, 0.3) is 0 Å². The molecular formula is C15H19BrN2O. The van der Waals surface area contributed by atoms with Crippen molar-refractivity contribution < 1.29 is 4.74 Å². The maximum atomic E-state index is 5.37. The maximum Gasteiger partial charge on any atom is 0.0594 e. The van der Waals surface area contributed by atoms with Crippen LogP contribution in [0, 0.1) is 0 Å². The molecule has 0 aliphatic carbocycles. The van der Waals surface area contributed by atoms with Gasteiger partial charge < -0.3 is 9.72 Å². The molecule has 3 nitrogen and oxygen atoms in total. The first-order chi connectivity index (χ1) is 9.34. The molecule has 0 radical (unpaired) electrons. The minimum absolute atomic E-state index is 0.888. The number of halogens is 1. The van der Waals surface area contributed by atoms with Gasteiger partial charge >= 0.3 is 0 Å². The molecule has 2 heterocycles. The van der Waals surface area contributed by atoms with Crippen LogP contribution < -0.4 is 0 Å². The minimum Gasteiger partial charge on any atom is -0.379 e. The monoisotopic (exact) mass is 322 g/mol. The molecule has 0 amide bonds. The number of fused-ring (bicyclic) bond motifs is 1. The Labute approximate surface area is 122 Å². The molecule has 1 saturated heterocycles. The van der Waals surface area contributed by atoms with Crippen LogP contribution in [0.2, 0.25) is 0 Å². The summed E-state index contributed by atoms with van der Waals surface area (Å²) in [6, 6.07) is 6.31. The first-order valence-corrected chi connectivity index (χ1v) is 7.68. The maximum absolute atomic E-state index is 5.37. The lowest BCUT2D eigenvalue weighted by Crippen LogP contribution is -2.36. The molecule has 1 aromatic carbocycles. The number of morpholine rings is 1. The van der Waals surface area contributed by atoms with Crippen molar-refractivity contribution >= 4 is 26.8 Å². The average molecular weight is 323 g/mol. The molecule has 0 spiro atoms. The smallest absolute Gasteiger partial charge is 0.0594 e. The van der Waals surface area contributed by atoms with E-state index in [1.165, 1.54) is 33.9 Å². The van der Waals surface area contributed by atoms with Gasteiger partial charge in [0.15, 0.2) is 0 Å².